The number of aromatic nitrogens is 2. The number of morpholine rings is 1. The van der Waals surface area contributed by atoms with Gasteiger partial charge in [0.05, 0.1) is 29.2 Å². The van der Waals surface area contributed by atoms with Crippen LogP contribution in [0, 0.1) is 5.82 Å². The van der Waals surface area contributed by atoms with Crippen molar-refractivity contribution in [2.45, 2.75) is 29.7 Å². The molecule has 2 heterocycles. The Hall–Kier alpha value is -1.59. The van der Waals surface area contributed by atoms with Gasteiger partial charge in [-0.15, -0.1) is 12.4 Å². The minimum atomic E-state index is -3.75. The van der Waals surface area contributed by atoms with Crippen LogP contribution in [0.5, 0.6) is 0 Å². The van der Waals surface area contributed by atoms with E-state index in [0.29, 0.717) is 19.0 Å². The van der Waals surface area contributed by atoms with Crippen molar-refractivity contribution < 1.29 is 22.1 Å². The minimum Gasteiger partial charge on any atom is -0.379 e. The maximum atomic E-state index is 14.3. The molecule has 2 N–H and O–H groups in total. The molecule has 1 saturated heterocycles. The van der Waals surface area contributed by atoms with Crippen LogP contribution < -0.4 is 5.73 Å². The van der Waals surface area contributed by atoms with E-state index in [1.807, 2.05) is 0 Å². The van der Waals surface area contributed by atoms with Gasteiger partial charge in [-0.2, -0.15) is 9.29 Å². The highest BCUT2D eigenvalue weighted by Crippen LogP contribution is 2.38. The topological polar surface area (TPSA) is 112 Å². The molecule has 0 unspecified atom stereocenters. The highest BCUT2D eigenvalue weighted by Gasteiger charge is 2.39. The number of sulfonamides is 1. The van der Waals surface area contributed by atoms with Crippen LogP contribution in [-0.2, 0) is 20.3 Å². The summed E-state index contributed by atoms with van der Waals surface area (Å²) in [5.41, 5.74) is 5.46. The summed E-state index contributed by atoms with van der Waals surface area (Å²) in [6.07, 6.45) is 2.45. The summed E-state index contributed by atoms with van der Waals surface area (Å²) in [6, 6.07) is 3.55. The molecule has 0 amide bonds. The van der Waals surface area contributed by atoms with E-state index in [-0.39, 0.29) is 41.8 Å². The van der Waals surface area contributed by atoms with Crippen LogP contribution in [0.1, 0.15) is 25.1 Å². The second kappa shape index (κ2) is 7.44. The maximum Gasteiger partial charge on any atom is 0.261 e. The molecule has 1 aliphatic carbocycles. The average molecular weight is 419 g/mol. The average Bonchev–Trinajstić information content (AvgIpc) is 3.11. The standard InChI is InChI=1S/C16H19FN4O4S.ClH/c17-13-3-2-11(26(22,23)21-6-8-24-9-7-21)10-12(13)14-19-15(20-25-14)16(18)4-1-5-16;/h2-3,10H,1,4-9,18H2;1H. The molecule has 0 spiro atoms. The normalized spacial score (nSPS) is 19.9. The van der Waals surface area contributed by atoms with Gasteiger partial charge in [0.15, 0.2) is 5.82 Å². The largest absolute Gasteiger partial charge is 0.379 e. The molecule has 4 rings (SSSR count). The molecule has 2 aliphatic rings. The highest BCUT2D eigenvalue weighted by atomic mass is 35.5. The Labute approximate surface area is 162 Å². The highest BCUT2D eigenvalue weighted by molar-refractivity contribution is 7.89. The molecule has 1 saturated carbocycles. The Bertz CT molecular complexity index is 926. The third-order valence-electron chi connectivity index (χ3n) is 4.89. The Balaban J connectivity index is 0.00000210. The van der Waals surface area contributed by atoms with Gasteiger partial charge in [-0.1, -0.05) is 5.16 Å². The molecular weight excluding hydrogens is 399 g/mol. The van der Waals surface area contributed by atoms with E-state index in [1.54, 1.807) is 0 Å². The van der Waals surface area contributed by atoms with E-state index in [1.165, 1.54) is 16.4 Å². The molecule has 1 aliphatic heterocycles. The zero-order valence-corrected chi connectivity index (χ0v) is 16.1. The number of nitrogens with zero attached hydrogens (tertiary/aromatic N) is 3. The van der Waals surface area contributed by atoms with Gasteiger partial charge in [0.25, 0.3) is 5.89 Å². The fourth-order valence-corrected chi connectivity index (χ4v) is 4.52. The third kappa shape index (κ3) is 3.59. The third-order valence-corrected chi connectivity index (χ3v) is 6.79. The number of ether oxygens (including phenoxy) is 1. The summed E-state index contributed by atoms with van der Waals surface area (Å²) >= 11 is 0. The molecule has 2 aromatic rings. The first-order valence-electron chi connectivity index (χ1n) is 8.41. The van der Waals surface area contributed by atoms with Gasteiger partial charge in [0.2, 0.25) is 10.0 Å². The van der Waals surface area contributed by atoms with Gasteiger partial charge in [0, 0.05) is 13.1 Å². The monoisotopic (exact) mass is 418 g/mol. The summed E-state index contributed by atoms with van der Waals surface area (Å²) in [7, 11) is -3.75. The van der Waals surface area contributed by atoms with Crippen LogP contribution in [0.15, 0.2) is 27.6 Å². The van der Waals surface area contributed by atoms with E-state index < -0.39 is 21.4 Å². The Morgan fingerprint density at radius 3 is 2.56 bits per heavy atom. The Morgan fingerprint density at radius 2 is 1.93 bits per heavy atom. The number of rotatable bonds is 4. The predicted molar refractivity (Wildman–Crippen MR) is 96.2 cm³/mol. The number of benzene rings is 1. The van der Waals surface area contributed by atoms with Crippen LogP contribution in [-0.4, -0.2) is 49.2 Å². The van der Waals surface area contributed by atoms with Crippen molar-refractivity contribution >= 4 is 22.4 Å². The van der Waals surface area contributed by atoms with Gasteiger partial charge in [-0.3, -0.25) is 0 Å². The predicted octanol–water partition coefficient (Wildman–Crippen LogP) is 1.66. The summed E-state index contributed by atoms with van der Waals surface area (Å²) in [6.45, 7) is 1.18. The molecule has 2 fully saturated rings. The van der Waals surface area contributed by atoms with Crippen molar-refractivity contribution in [3.63, 3.8) is 0 Å². The van der Waals surface area contributed by atoms with Crippen LogP contribution in [0.4, 0.5) is 4.39 Å². The van der Waals surface area contributed by atoms with Crippen molar-refractivity contribution in [3.8, 4) is 11.5 Å². The van der Waals surface area contributed by atoms with Gasteiger partial charge in [-0.05, 0) is 37.5 Å². The summed E-state index contributed by atoms with van der Waals surface area (Å²) in [5.74, 6) is -0.395. The van der Waals surface area contributed by atoms with Crippen LogP contribution in [0.25, 0.3) is 11.5 Å². The van der Waals surface area contributed by atoms with E-state index in [4.69, 9.17) is 15.0 Å². The lowest BCUT2D eigenvalue weighted by Crippen LogP contribution is -2.44. The first-order chi connectivity index (χ1) is 12.4. The second-order valence-corrected chi connectivity index (χ2v) is 8.53. The van der Waals surface area contributed by atoms with E-state index in [9.17, 15) is 12.8 Å². The smallest absolute Gasteiger partial charge is 0.261 e. The number of hydrogen-bond acceptors (Lipinski definition) is 7. The van der Waals surface area contributed by atoms with Crippen LogP contribution in [0.3, 0.4) is 0 Å². The van der Waals surface area contributed by atoms with E-state index in [0.717, 1.165) is 25.3 Å². The fraction of sp³-hybridized carbons (Fsp3) is 0.500. The second-order valence-electron chi connectivity index (χ2n) is 6.59. The van der Waals surface area contributed by atoms with Gasteiger partial charge in [-0.25, -0.2) is 12.8 Å². The van der Waals surface area contributed by atoms with Crippen molar-refractivity contribution in [1.82, 2.24) is 14.4 Å². The lowest BCUT2D eigenvalue weighted by Gasteiger charge is -2.34. The zero-order chi connectivity index (χ0) is 18.4. The maximum absolute atomic E-state index is 14.3. The Kier molecular flexibility index (Phi) is 5.55. The number of nitrogens with two attached hydrogens (primary N) is 1. The molecule has 0 bridgehead atoms. The Morgan fingerprint density at radius 1 is 1.22 bits per heavy atom. The van der Waals surface area contributed by atoms with Crippen molar-refractivity contribution in [2.24, 2.45) is 5.73 Å². The van der Waals surface area contributed by atoms with Crippen molar-refractivity contribution in [3.05, 3.63) is 29.8 Å². The SMILES string of the molecule is Cl.NC1(c2noc(-c3cc(S(=O)(=O)N4CCOCC4)ccc3F)n2)CCC1. The van der Waals surface area contributed by atoms with Gasteiger partial charge in [0.1, 0.15) is 5.82 Å². The van der Waals surface area contributed by atoms with Crippen molar-refractivity contribution in [1.29, 1.82) is 0 Å². The van der Waals surface area contributed by atoms with Gasteiger partial charge < -0.3 is 15.0 Å². The summed E-state index contributed by atoms with van der Waals surface area (Å²) < 4.78 is 51.5. The zero-order valence-electron chi connectivity index (χ0n) is 14.4. The lowest BCUT2D eigenvalue weighted by atomic mass is 9.77. The molecule has 0 radical (unpaired) electrons. The van der Waals surface area contributed by atoms with Crippen LogP contribution in [0.2, 0.25) is 0 Å². The summed E-state index contributed by atoms with van der Waals surface area (Å²) in [5, 5.41) is 3.85. The molecule has 0 atom stereocenters. The first-order valence-corrected chi connectivity index (χ1v) is 9.85. The summed E-state index contributed by atoms with van der Waals surface area (Å²) in [4.78, 5) is 4.17. The fourth-order valence-electron chi connectivity index (χ4n) is 3.08. The van der Waals surface area contributed by atoms with E-state index in [2.05, 4.69) is 10.1 Å². The van der Waals surface area contributed by atoms with Crippen molar-refractivity contribution in [2.75, 3.05) is 26.3 Å². The minimum absolute atomic E-state index is 0. The molecular formula is C16H20ClFN4O4S. The van der Waals surface area contributed by atoms with Crippen LogP contribution >= 0.6 is 12.4 Å². The van der Waals surface area contributed by atoms with Gasteiger partial charge >= 0.3 is 0 Å². The molecule has 8 nitrogen and oxygen atoms in total. The molecule has 27 heavy (non-hydrogen) atoms. The van der Waals surface area contributed by atoms with E-state index >= 15 is 0 Å². The molecule has 1 aromatic carbocycles. The lowest BCUT2D eigenvalue weighted by molar-refractivity contribution is 0.0730. The molecule has 1 aromatic heterocycles. The number of hydrogen-bond donors (Lipinski definition) is 1. The quantitative estimate of drug-likeness (QED) is 0.803. The molecule has 11 heteroatoms. The molecule has 148 valence electrons. The number of halogens is 2. The first kappa shape index (κ1) is 20.2.